The molecule has 0 aliphatic heterocycles. The summed E-state index contributed by atoms with van der Waals surface area (Å²) in [6.07, 6.45) is 0. The maximum atomic E-state index is 12.0. The van der Waals surface area contributed by atoms with Gasteiger partial charge in [-0.2, -0.15) is 0 Å². The number of hydrogen-bond acceptors (Lipinski definition) is 4. The molecule has 0 radical (unpaired) electrons. The van der Waals surface area contributed by atoms with Crippen molar-refractivity contribution in [1.82, 2.24) is 9.47 Å². The number of aromatic nitrogens is 1. The van der Waals surface area contributed by atoms with E-state index in [9.17, 15) is 14.7 Å². The highest BCUT2D eigenvalue weighted by Crippen LogP contribution is 2.18. The van der Waals surface area contributed by atoms with E-state index in [-0.39, 0.29) is 12.6 Å². The fourth-order valence-corrected chi connectivity index (χ4v) is 2.08. The quantitative estimate of drug-likeness (QED) is 0.894. The van der Waals surface area contributed by atoms with Crippen LogP contribution in [0.1, 0.15) is 13.8 Å². The predicted molar refractivity (Wildman–Crippen MR) is 79.4 cm³/mol. The molecule has 7 nitrogen and oxygen atoms in total. The molecule has 0 atom stereocenters. The minimum Gasteiger partial charge on any atom is -0.408 e. The summed E-state index contributed by atoms with van der Waals surface area (Å²) in [5.41, 5.74) is 0.611. The number of aryl methyl sites for hydroxylation is 1. The largest absolute Gasteiger partial charge is 0.419 e. The van der Waals surface area contributed by atoms with Crippen LogP contribution in [0.15, 0.2) is 27.4 Å². The predicted octanol–water partition coefficient (Wildman–Crippen LogP) is 1.37. The van der Waals surface area contributed by atoms with Gasteiger partial charge in [-0.15, -0.1) is 0 Å². The fraction of sp³-hybridized carbons (Fsp3) is 0.429. The highest BCUT2D eigenvalue weighted by Gasteiger charge is 2.19. The Balaban J connectivity index is 2.16. The first-order valence-corrected chi connectivity index (χ1v) is 6.51. The number of hydrogen-bond donors (Lipinski definition) is 2. The third-order valence-electron chi connectivity index (χ3n) is 3.01. The summed E-state index contributed by atoms with van der Waals surface area (Å²) in [4.78, 5) is 24.8. The molecule has 2 aromatic rings. The Morgan fingerprint density at radius 1 is 1.48 bits per heavy atom. The zero-order chi connectivity index (χ0) is 15.8. The van der Waals surface area contributed by atoms with Crippen molar-refractivity contribution in [3.8, 4) is 0 Å². The van der Waals surface area contributed by atoms with Crippen molar-refractivity contribution in [3.63, 3.8) is 0 Å². The van der Waals surface area contributed by atoms with Crippen molar-refractivity contribution in [2.45, 2.75) is 19.4 Å². The molecule has 0 saturated carbocycles. The number of anilines is 1. The maximum absolute atomic E-state index is 12.0. The van der Waals surface area contributed by atoms with Crippen molar-refractivity contribution in [3.05, 3.63) is 28.7 Å². The number of carbonyl (C=O) groups is 1. The first-order chi connectivity index (χ1) is 9.67. The van der Waals surface area contributed by atoms with Crippen LogP contribution in [-0.4, -0.2) is 39.8 Å². The van der Waals surface area contributed by atoms with Crippen LogP contribution in [0.2, 0.25) is 0 Å². The molecule has 0 spiro atoms. The van der Waals surface area contributed by atoms with Crippen molar-refractivity contribution < 1.29 is 14.3 Å². The average Bonchev–Trinajstić information content (AvgIpc) is 2.62. The molecule has 21 heavy (non-hydrogen) atoms. The van der Waals surface area contributed by atoms with Gasteiger partial charge in [-0.1, -0.05) is 0 Å². The number of nitrogens with one attached hydrogen (secondary N) is 1. The first-order valence-electron chi connectivity index (χ1n) is 6.51. The number of amides is 2. The minimum atomic E-state index is -0.970. The van der Waals surface area contributed by atoms with Gasteiger partial charge in [-0.05, 0) is 26.0 Å². The standard InChI is InChI=1S/C14H19N3O4/c1-14(2,20)8-16(3)12(18)15-9-5-6-10-11(7-9)21-13(19)17(10)4/h5-7,20H,8H2,1-4H3,(H,15,18). The summed E-state index contributed by atoms with van der Waals surface area (Å²) in [7, 11) is 3.21. The number of carbonyl (C=O) groups excluding carboxylic acids is 1. The van der Waals surface area contributed by atoms with E-state index >= 15 is 0 Å². The number of oxazole rings is 1. The fourth-order valence-electron chi connectivity index (χ4n) is 2.08. The number of nitrogens with zero attached hydrogens (tertiary/aromatic N) is 2. The first kappa shape index (κ1) is 15.1. The topological polar surface area (TPSA) is 87.7 Å². The van der Waals surface area contributed by atoms with Gasteiger partial charge in [0.2, 0.25) is 0 Å². The van der Waals surface area contributed by atoms with Crippen molar-refractivity contribution in [1.29, 1.82) is 0 Å². The molecule has 0 fully saturated rings. The molecular formula is C14H19N3O4. The van der Waals surface area contributed by atoms with E-state index in [0.29, 0.717) is 16.8 Å². The van der Waals surface area contributed by atoms with E-state index in [0.717, 1.165) is 0 Å². The summed E-state index contributed by atoms with van der Waals surface area (Å²) in [5, 5.41) is 12.4. The molecule has 0 unspecified atom stereocenters. The molecule has 0 aliphatic carbocycles. The second kappa shape index (κ2) is 5.25. The number of urea groups is 1. The molecule has 2 amide bonds. The second-order valence-corrected chi connectivity index (χ2v) is 5.71. The van der Waals surface area contributed by atoms with Crippen molar-refractivity contribution in [2.75, 3.05) is 18.9 Å². The lowest BCUT2D eigenvalue weighted by molar-refractivity contribution is 0.0550. The summed E-state index contributed by atoms with van der Waals surface area (Å²) in [5.74, 6) is -0.451. The van der Waals surface area contributed by atoms with Crippen LogP contribution in [0.3, 0.4) is 0 Å². The Morgan fingerprint density at radius 3 is 2.76 bits per heavy atom. The van der Waals surface area contributed by atoms with E-state index in [4.69, 9.17) is 4.42 Å². The lowest BCUT2D eigenvalue weighted by Gasteiger charge is -2.25. The Labute approximate surface area is 121 Å². The number of likely N-dealkylation sites (N-methyl/N-ethyl adjacent to an activating group) is 1. The number of rotatable bonds is 3. The van der Waals surface area contributed by atoms with Gasteiger partial charge < -0.3 is 19.7 Å². The van der Waals surface area contributed by atoms with Crippen LogP contribution < -0.4 is 11.1 Å². The van der Waals surface area contributed by atoms with Crippen LogP contribution in [0.4, 0.5) is 10.5 Å². The van der Waals surface area contributed by atoms with Crippen molar-refractivity contribution in [2.24, 2.45) is 7.05 Å². The third kappa shape index (κ3) is 3.43. The van der Waals surface area contributed by atoms with Gasteiger partial charge in [0, 0.05) is 25.8 Å². The van der Waals surface area contributed by atoms with Gasteiger partial charge in [-0.3, -0.25) is 4.57 Å². The summed E-state index contributed by atoms with van der Waals surface area (Å²) >= 11 is 0. The third-order valence-corrected chi connectivity index (χ3v) is 3.01. The van der Waals surface area contributed by atoms with Gasteiger partial charge in [0.25, 0.3) is 0 Å². The molecule has 0 aliphatic rings. The molecule has 1 aromatic heterocycles. The molecule has 114 valence electrons. The normalized spacial score (nSPS) is 11.7. The van der Waals surface area contributed by atoms with Gasteiger partial charge in [0.15, 0.2) is 5.58 Å². The number of aliphatic hydroxyl groups is 1. The number of benzene rings is 1. The monoisotopic (exact) mass is 293 g/mol. The summed E-state index contributed by atoms with van der Waals surface area (Å²) in [6.45, 7) is 3.45. The second-order valence-electron chi connectivity index (χ2n) is 5.71. The lowest BCUT2D eigenvalue weighted by Crippen LogP contribution is -2.41. The minimum absolute atomic E-state index is 0.196. The molecule has 2 rings (SSSR count). The van der Waals surface area contributed by atoms with Crippen LogP contribution in [0, 0.1) is 0 Å². The van der Waals surface area contributed by atoms with Crippen LogP contribution in [0.25, 0.3) is 11.1 Å². The SMILES string of the molecule is CN(CC(C)(C)O)C(=O)Nc1ccc2c(c1)oc(=O)n2C. The van der Waals surface area contributed by atoms with Crippen LogP contribution in [-0.2, 0) is 7.05 Å². The van der Waals surface area contributed by atoms with Crippen LogP contribution >= 0.6 is 0 Å². The molecule has 0 saturated heterocycles. The highest BCUT2D eigenvalue weighted by molar-refractivity contribution is 5.91. The maximum Gasteiger partial charge on any atom is 0.419 e. The molecule has 2 N–H and O–H groups in total. The van der Waals surface area contributed by atoms with Gasteiger partial charge in [-0.25, -0.2) is 9.59 Å². The zero-order valence-corrected chi connectivity index (χ0v) is 12.5. The highest BCUT2D eigenvalue weighted by atomic mass is 16.4. The lowest BCUT2D eigenvalue weighted by atomic mass is 10.1. The Hall–Kier alpha value is -2.28. The van der Waals surface area contributed by atoms with E-state index in [2.05, 4.69) is 5.32 Å². The molecule has 7 heteroatoms. The number of fused-ring (bicyclic) bond motifs is 1. The smallest absolute Gasteiger partial charge is 0.408 e. The average molecular weight is 293 g/mol. The van der Waals surface area contributed by atoms with E-state index < -0.39 is 11.4 Å². The van der Waals surface area contributed by atoms with Gasteiger partial charge >= 0.3 is 11.8 Å². The van der Waals surface area contributed by atoms with Crippen molar-refractivity contribution >= 4 is 22.8 Å². The summed E-state index contributed by atoms with van der Waals surface area (Å²) < 4.78 is 6.45. The molecule has 0 bridgehead atoms. The van der Waals surface area contributed by atoms with Gasteiger partial charge in [0.1, 0.15) is 0 Å². The van der Waals surface area contributed by atoms with Gasteiger partial charge in [0.05, 0.1) is 17.7 Å². The molecule has 1 aromatic carbocycles. The van der Waals surface area contributed by atoms with Crippen LogP contribution in [0.5, 0.6) is 0 Å². The molecule has 1 heterocycles. The van der Waals surface area contributed by atoms with E-state index in [1.165, 1.54) is 9.47 Å². The summed E-state index contributed by atoms with van der Waals surface area (Å²) in [6, 6.07) is 4.63. The molecular weight excluding hydrogens is 274 g/mol. The Bertz CT molecular complexity index is 724. The zero-order valence-electron chi connectivity index (χ0n) is 12.5. The Morgan fingerprint density at radius 2 is 2.14 bits per heavy atom. The van der Waals surface area contributed by atoms with E-state index in [1.807, 2.05) is 0 Å². The Kier molecular flexibility index (Phi) is 3.78. The van der Waals surface area contributed by atoms with E-state index in [1.54, 1.807) is 46.1 Å².